The highest BCUT2D eigenvalue weighted by molar-refractivity contribution is 6.30. The van der Waals surface area contributed by atoms with E-state index < -0.39 is 0 Å². The lowest BCUT2D eigenvalue weighted by Gasteiger charge is -2.12. The van der Waals surface area contributed by atoms with E-state index in [0.29, 0.717) is 19.8 Å². The summed E-state index contributed by atoms with van der Waals surface area (Å²) in [6, 6.07) is 3.75. The zero-order valence-electron chi connectivity index (χ0n) is 9.62. The Hall–Kier alpha value is -0.770. The minimum atomic E-state index is 0.0407. The lowest BCUT2D eigenvalue weighted by atomic mass is 10.1. The standard InChI is InChI=1S/C12H17ClO3/c1-9-7-11(13)8-10(2)12(9)16-6-5-15-4-3-14/h7-8,14H,3-6H2,1-2H3. The molecule has 0 fully saturated rings. The number of hydrogen-bond donors (Lipinski definition) is 1. The van der Waals surface area contributed by atoms with E-state index in [4.69, 9.17) is 26.2 Å². The summed E-state index contributed by atoms with van der Waals surface area (Å²) < 4.78 is 10.7. The van der Waals surface area contributed by atoms with Crippen molar-refractivity contribution < 1.29 is 14.6 Å². The molecule has 16 heavy (non-hydrogen) atoms. The molecule has 0 radical (unpaired) electrons. The van der Waals surface area contributed by atoms with Crippen molar-refractivity contribution in [1.82, 2.24) is 0 Å². The molecule has 0 unspecified atom stereocenters. The molecule has 0 aliphatic carbocycles. The number of halogens is 1. The summed E-state index contributed by atoms with van der Waals surface area (Å²) in [5.41, 5.74) is 2.04. The Kier molecular flexibility index (Phi) is 5.60. The predicted octanol–water partition coefficient (Wildman–Crippen LogP) is 2.34. The summed E-state index contributed by atoms with van der Waals surface area (Å²) in [5.74, 6) is 0.858. The summed E-state index contributed by atoms with van der Waals surface area (Å²) >= 11 is 5.92. The van der Waals surface area contributed by atoms with Gasteiger partial charge in [0.2, 0.25) is 0 Å². The van der Waals surface area contributed by atoms with Crippen LogP contribution in [0.3, 0.4) is 0 Å². The number of rotatable bonds is 6. The molecule has 4 heteroatoms. The third-order valence-electron chi connectivity index (χ3n) is 2.13. The van der Waals surface area contributed by atoms with Gasteiger partial charge in [0.25, 0.3) is 0 Å². The highest BCUT2D eigenvalue weighted by atomic mass is 35.5. The minimum Gasteiger partial charge on any atom is -0.491 e. The topological polar surface area (TPSA) is 38.7 Å². The average molecular weight is 245 g/mol. The van der Waals surface area contributed by atoms with Crippen molar-refractivity contribution in [3.05, 3.63) is 28.3 Å². The summed E-state index contributed by atoms with van der Waals surface area (Å²) in [6.07, 6.45) is 0. The first kappa shape index (κ1) is 13.3. The number of hydrogen-bond acceptors (Lipinski definition) is 3. The Labute approximate surface area is 101 Å². The maximum absolute atomic E-state index is 8.52. The number of aryl methyl sites for hydroxylation is 2. The van der Waals surface area contributed by atoms with Crippen molar-refractivity contribution in [3.8, 4) is 5.75 Å². The Balaban J connectivity index is 2.47. The first-order chi connectivity index (χ1) is 7.65. The van der Waals surface area contributed by atoms with E-state index in [-0.39, 0.29) is 6.61 Å². The van der Waals surface area contributed by atoms with E-state index in [2.05, 4.69) is 0 Å². The van der Waals surface area contributed by atoms with Crippen LogP contribution in [0.25, 0.3) is 0 Å². The maximum atomic E-state index is 8.52. The molecule has 1 rings (SSSR count). The molecule has 1 aromatic carbocycles. The zero-order valence-corrected chi connectivity index (χ0v) is 10.4. The molecule has 0 spiro atoms. The van der Waals surface area contributed by atoms with Crippen molar-refractivity contribution in [2.24, 2.45) is 0 Å². The summed E-state index contributed by atoms with van der Waals surface area (Å²) in [4.78, 5) is 0. The van der Waals surface area contributed by atoms with Crippen molar-refractivity contribution in [3.63, 3.8) is 0 Å². The Morgan fingerprint density at radius 1 is 1.12 bits per heavy atom. The molecule has 0 aliphatic heterocycles. The van der Waals surface area contributed by atoms with Gasteiger partial charge in [-0.3, -0.25) is 0 Å². The van der Waals surface area contributed by atoms with Crippen LogP contribution >= 0.6 is 11.6 Å². The smallest absolute Gasteiger partial charge is 0.125 e. The van der Waals surface area contributed by atoms with Crippen LogP contribution in [0.2, 0.25) is 5.02 Å². The van der Waals surface area contributed by atoms with Gasteiger partial charge in [-0.15, -0.1) is 0 Å². The van der Waals surface area contributed by atoms with Crippen molar-refractivity contribution in [2.45, 2.75) is 13.8 Å². The van der Waals surface area contributed by atoms with Gasteiger partial charge in [0.15, 0.2) is 0 Å². The highest BCUT2D eigenvalue weighted by Crippen LogP contribution is 2.26. The molecular formula is C12H17ClO3. The highest BCUT2D eigenvalue weighted by Gasteiger charge is 2.05. The Morgan fingerprint density at radius 2 is 1.75 bits per heavy atom. The Bertz CT molecular complexity index is 316. The average Bonchev–Trinajstić information content (AvgIpc) is 2.20. The van der Waals surface area contributed by atoms with E-state index in [1.54, 1.807) is 0 Å². The zero-order chi connectivity index (χ0) is 12.0. The molecule has 0 aliphatic rings. The third-order valence-corrected chi connectivity index (χ3v) is 2.35. The maximum Gasteiger partial charge on any atom is 0.125 e. The monoisotopic (exact) mass is 244 g/mol. The van der Waals surface area contributed by atoms with Gasteiger partial charge in [-0.2, -0.15) is 0 Å². The van der Waals surface area contributed by atoms with Gasteiger partial charge < -0.3 is 14.6 Å². The number of aliphatic hydroxyl groups is 1. The lowest BCUT2D eigenvalue weighted by molar-refractivity contribution is 0.0702. The van der Waals surface area contributed by atoms with Gasteiger partial charge in [-0.05, 0) is 37.1 Å². The number of aliphatic hydroxyl groups excluding tert-OH is 1. The molecular weight excluding hydrogens is 228 g/mol. The fraction of sp³-hybridized carbons (Fsp3) is 0.500. The fourth-order valence-corrected chi connectivity index (χ4v) is 1.82. The van der Waals surface area contributed by atoms with Crippen LogP contribution in [-0.2, 0) is 4.74 Å². The van der Waals surface area contributed by atoms with Crippen LogP contribution in [0.4, 0.5) is 0 Å². The van der Waals surface area contributed by atoms with Crippen LogP contribution in [0.1, 0.15) is 11.1 Å². The molecule has 0 amide bonds. The summed E-state index contributed by atoms with van der Waals surface area (Å²) in [5, 5.41) is 9.24. The number of benzene rings is 1. The van der Waals surface area contributed by atoms with E-state index in [9.17, 15) is 0 Å². The second-order valence-corrected chi connectivity index (χ2v) is 3.99. The van der Waals surface area contributed by atoms with Crippen LogP contribution in [0.15, 0.2) is 12.1 Å². The van der Waals surface area contributed by atoms with Crippen molar-refractivity contribution in [1.29, 1.82) is 0 Å². The first-order valence-electron chi connectivity index (χ1n) is 5.23. The molecule has 1 aromatic rings. The van der Waals surface area contributed by atoms with Gasteiger partial charge in [0, 0.05) is 5.02 Å². The van der Waals surface area contributed by atoms with Gasteiger partial charge >= 0.3 is 0 Å². The van der Waals surface area contributed by atoms with Gasteiger partial charge in [0.1, 0.15) is 12.4 Å². The van der Waals surface area contributed by atoms with E-state index in [0.717, 1.165) is 21.9 Å². The van der Waals surface area contributed by atoms with E-state index in [1.165, 1.54) is 0 Å². The molecule has 90 valence electrons. The molecule has 1 N–H and O–H groups in total. The predicted molar refractivity (Wildman–Crippen MR) is 64.3 cm³/mol. The molecule has 0 saturated carbocycles. The third kappa shape index (κ3) is 4.00. The summed E-state index contributed by atoms with van der Waals surface area (Å²) in [6.45, 7) is 5.26. The molecule has 0 bridgehead atoms. The first-order valence-corrected chi connectivity index (χ1v) is 5.61. The molecule has 0 saturated heterocycles. The summed E-state index contributed by atoms with van der Waals surface area (Å²) in [7, 11) is 0. The fourth-order valence-electron chi connectivity index (χ4n) is 1.49. The number of ether oxygens (including phenoxy) is 2. The van der Waals surface area contributed by atoms with E-state index in [1.807, 2.05) is 26.0 Å². The molecule has 3 nitrogen and oxygen atoms in total. The van der Waals surface area contributed by atoms with Crippen molar-refractivity contribution in [2.75, 3.05) is 26.4 Å². The van der Waals surface area contributed by atoms with Crippen LogP contribution in [-0.4, -0.2) is 31.5 Å². The van der Waals surface area contributed by atoms with Crippen LogP contribution in [0, 0.1) is 13.8 Å². The van der Waals surface area contributed by atoms with Gasteiger partial charge in [-0.1, -0.05) is 11.6 Å². The normalized spacial score (nSPS) is 10.5. The van der Waals surface area contributed by atoms with Crippen LogP contribution < -0.4 is 4.74 Å². The minimum absolute atomic E-state index is 0.0407. The van der Waals surface area contributed by atoms with Crippen LogP contribution in [0.5, 0.6) is 5.75 Å². The van der Waals surface area contributed by atoms with Gasteiger partial charge in [-0.25, -0.2) is 0 Å². The Morgan fingerprint density at radius 3 is 2.31 bits per heavy atom. The van der Waals surface area contributed by atoms with Crippen molar-refractivity contribution >= 4 is 11.6 Å². The molecule has 0 aromatic heterocycles. The molecule has 0 atom stereocenters. The molecule has 0 heterocycles. The van der Waals surface area contributed by atoms with Gasteiger partial charge in [0.05, 0.1) is 19.8 Å². The lowest BCUT2D eigenvalue weighted by Crippen LogP contribution is -2.10. The SMILES string of the molecule is Cc1cc(Cl)cc(C)c1OCCOCCO. The second-order valence-electron chi connectivity index (χ2n) is 3.55. The largest absolute Gasteiger partial charge is 0.491 e. The van der Waals surface area contributed by atoms with E-state index >= 15 is 0 Å². The second kappa shape index (κ2) is 6.74. The quantitative estimate of drug-likeness (QED) is 0.781.